The van der Waals surface area contributed by atoms with Crippen LogP contribution in [0.5, 0.6) is 0 Å². The SMILES string of the molecule is Cc1ccc(C(C)(C)C)[c]c1C(C)(C)C. The summed E-state index contributed by atoms with van der Waals surface area (Å²) in [4.78, 5) is 0. The maximum atomic E-state index is 3.59. The number of aryl methyl sites for hydroxylation is 1. The Labute approximate surface area is 94.7 Å². The molecule has 83 valence electrons. The van der Waals surface area contributed by atoms with Gasteiger partial charge in [0.2, 0.25) is 0 Å². The van der Waals surface area contributed by atoms with Gasteiger partial charge in [0.1, 0.15) is 0 Å². The summed E-state index contributed by atoms with van der Waals surface area (Å²) in [7, 11) is 0. The van der Waals surface area contributed by atoms with Gasteiger partial charge in [-0.15, -0.1) is 0 Å². The van der Waals surface area contributed by atoms with Gasteiger partial charge in [0.05, 0.1) is 0 Å². The highest BCUT2D eigenvalue weighted by molar-refractivity contribution is 5.37. The van der Waals surface area contributed by atoms with Crippen molar-refractivity contribution in [2.75, 3.05) is 0 Å². The van der Waals surface area contributed by atoms with Gasteiger partial charge in [0, 0.05) is 0 Å². The van der Waals surface area contributed by atoms with Gasteiger partial charge in [-0.05, 0) is 40.5 Å². The van der Waals surface area contributed by atoms with Crippen LogP contribution in [0.1, 0.15) is 58.2 Å². The van der Waals surface area contributed by atoms with Crippen molar-refractivity contribution in [2.24, 2.45) is 0 Å². The molecule has 0 saturated heterocycles. The molecule has 1 aromatic rings. The molecular formula is C15H23. The minimum Gasteiger partial charge on any atom is -0.0587 e. The van der Waals surface area contributed by atoms with Crippen molar-refractivity contribution in [1.82, 2.24) is 0 Å². The first-order chi connectivity index (χ1) is 6.62. The van der Waals surface area contributed by atoms with E-state index in [4.69, 9.17) is 0 Å². The molecule has 0 saturated carbocycles. The third kappa shape index (κ3) is 2.84. The summed E-state index contributed by atoms with van der Waals surface area (Å²) in [6.07, 6.45) is 0. The van der Waals surface area contributed by atoms with Gasteiger partial charge in [-0.1, -0.05) is 53.7 Å². The van der Waals surface area contributed by atoms with E-state index in [0.717, 1.165) is 0 Å². The molecule has 0 spiro atoms. The standard InChI is InChI=1S/C15H23/c1-11-8-9-12(14(2,3)4)10-13(11)15(5,6)7/h8-9H,1-7H3. The molecule has 0 bridgehead atoms. The highest BCUT2D eigenvalue weighted by atomic mass is 14.2. The van der Waals surface area contributed by atoms with Crippen LogP contribution in [0.15, 0.2) is 12.1 Å². The summed E-state index contributed by atoms with van der Waals surface area (Å²) in [5.74, 6) is 0. The molecule has 0 unspecified atom stereocenters. The molecule has 1 radical (unpaired) electrons. The lowest BCUT2D eigenvalue weighted by atomic mass is 9.79. The lowest BCUT2D eigenvalue weighted by molar-refractivity contribution is 0.564. The van der Waals surface area contributed by atoms with E-state index < -0.39 is 0 Å². The number of rotatable bonds is 0. The van der Waals surface area contributed by atoms with Crippen molar-refractivity contribution in [2.45, 2.75) is 59.3 Å². The molecule has 0 aromatic heterocycles. The van der Waals surface area contributed by atoms with Gasteiger partial charge in [-0.2, -0.15) is 0 Å². The third-order valence-corrected chi connectivity index (χ3v) is 2.71. The van der Waals surface area contributed by atoms with Gasteiger partial charge < -0.3 is 0 Å². The van der Waals surface area contributed by atoms with E-state index in [-0.39, 0.29) is 10.8 Å². The molecule has 1 aromatic carbocycles. The van der Waals surface area contributed by atoms with Gasteiger partial charge >= 0.3 is 0 Å². The van der Waals surface area contributed by atoms with E-state index in [1.807, 2.05) is 0 Å². The highest BCUT2D eigenvalue weighted by Gasteiger charge is 2.20. The molecule has 0 aliphatic carbocycles. The molecule has 1 rings (SSSR count). The number of hydrogen-bond acceptors (Lipinski definition) is 0. The third-order valence-electron chi connectivity index (χ3n) is 2.71. The smallest absolute Gasteiger partial charge is 0.0100 e. The topological polar surface area (TPSA) is 0 Å². The van der Waals surface area contributed by atoms with E-state index in [1.54, 1.807) is 0 Å². The summed E-state index contributed by atoms with van der Waals surface area (Å²) < 4.78 is 0. The number of hydrogen-bond donors (Lipinski definition) is 0. The monoisotopic (exact) mass is 203 g/mol. The Hall–Kier alpha value is -0.780. The molecule has 0 fully saturated rings. The summed E-state index contributed by atoms with van der Waals surface area (Å²) in [6, 6.07) is 8.01. The van der Waals surface area contributed by atoms with E-state index in [0.29, 0.717) is 0 Å². The van der Waals surface area contributed by atoms with Gasteiger partial charge in [0.25, 0.3) is 0 Å². The second-order valence-corrected chi connectivity index (χ2v) is 6.43. The minimum absolute atomic E-state index is 0.186. The molecule has 0 aliphatic rings. The molecular weight excluding hydrogens is 180 g/mol. The second-order valence-electron chi connectivity index (χ2n) is 6.43. The molecule has 0 aliphatic heterocycles. The first-order valence-corrected chi connectivity index (χ1v) is 5.66. The summed E-state index contributed by atoms with van der Waals surface area (Å²) in [5.41, 5.74) is 4.36. The normalized spacial score (nSPS) is 13.0. The quantitative estimate of drug-likeness (QED) is 0.586. The lowest BCUT2D eigenvalue weighted by Crippen LogP contribution is -2.17. The Morgan fingerprint density at radius 3 is 1.80 bits per heavy atom. The van der Waals surface area contributed by atoms with Crippen LogP contribution >= 0.6 is 0 Å². The predicted molar refractivity (Wildman–Crippen MR) is 67.4 cm³/mol. The van der Waals surface area contributed by atoms with Crippen LogP contribution in [-0.4, -0.2) is 0 Å². The maximum absolute atomic E-state index is 3.59. The van der Waals surface area contributed by atoms with E-state index in [2.05, 4.69) is 66.7 Å². The molecule has 0 heterocycles. The van der Waals surface area contributed by atoms with Gasteiger partial charge in [0.15, 0.2) is 0 Å². The van der Waals surface area contributed by atoms with Crippen LogP contribution < -0.4 is 0 Å². The van der Waals surface area contributed by atoms with Crippen LogP contribution in [0.2, 0.25) is 0 Å². The maximum Gasteiger partial charge on any atom is -0.0100 e. The first-order valence-electron chi connectivity index (χ1n) is 5.66. The fourth-order valence-electron chi connectivity index (χ4n) is 1.78. The fourth-order valence-corrected chi connectivity index (χ4v) is 1.78. The van der Waals surface area contributed by atoms with Crippen molar-refractivity contribution in [1.29, 1.82) is 0 Å². The largest absolute Gasteiger partial charge is 0.0587 e. The first kappa shape index (κ1) is 12.3. The van der Waals surface area contributed by atoms with Gasteiger partial charge in [-0.25, -0.2) is 0 Å². The lowest BCUT2D eigenvalue weighted by Gasteiger charge is -2.26. The fraction of sp³-hybridized carbons (Fsp3) is 0.600. The molecule has 0 nitrogen and oxygen atoms in total. The average Bonchev–Trinajstić information content (AvgIpc) is 2.00. The van der Waals surface area contributed by atoms with Crippen LogP contribution in [0.4, 0.5) is 0 Å². The molecule has 0 amide bonds. The predicted octanol–water partition coefficient (Wildman–Crippen LogP) is 4.39. The Morgan fingerprint density at radius 2 is 1.40 bits per heavy atom. The average molecular weight is 203 g/mol. The van der Waals surface area contributed by atoms with Crippen molar-refractivity contribution in [3.05, 3.63) is 34.9 Å². The summed E-state index contributed by atoms with van der Waals surface area (Å²) >= 11 is 0. The van der Waals surface area contributed by atoms with E-state index in [9.17, 15) is 0 Å². The summed E-state index contributed by atoms with van der Waals surface area (Å²) in [5, 5.41) is 0. The Balaban J connectivity index is 3.30. The summed E-state index contributed by atoms with van der Waals surface area (Å²) in [6.45, 7) is 15.6. The molecule has 0 atom stereocenters. The molecule has 15 heavy (non-hydrogen) atoms. The zero-order valence-electron chi connectivity index (χ0n) is 11.2. The number of benzene rings is 1. The van der Waals surface area contributed by atoms with Gasteiger partial charge in [-0.3, -0.25) is 0 Å². The minimum atomic E-state index is 0.186. The van der Waals surface area contributed by atoms with Crippen molar-refractivity contribution in [3.8, 4) is 0 Å². The zero-order valence-corrected chi connectivity index (χ0v) is 11.2. The van der Waals surface area contributed by atoms with Crippen molar-refractivity contribution in [3.63, 3.8) is 0 Å². The van der Waals surface area contributed by atoms with E-state index in [1.165, 1.54) is 16.7 Å². The Kier molecular flexibility index (Phi) is 3.00. The van der Waals surface area contributed by atoms with Crippen molar-refractivity contribution < 1.29 is 0 Å². The van der Waals surface area contributed by atoms with Crippen LogP contribution in [-0.2, 0) is 10.8 Å². The van der Waals surface area contributed by atoms with Crippen LogP contribution in [0.25, 0.3) is 0 Å². The molecule has 0 N–H and O–H groups in total. The highest BCUT2D eigenvalue weighted by Crippen LogP contribution is 2.30. The van der Waals surface area contributed by atoms with E-state index >= 15 is 0 Å². The Bertz CT molecular complexity index is 345. The zero-order chi connectivity index (χ0) is 11.9. The molecule has 0 heteroatoms. The van der Waals surface area contributed by atoms with Crippen molar-refractivity contribution >= 4 is 0 Å². The Morgan fingerprint density at radius 1 is 0.867 bits per heavy atom. The van der Waals surface area contributed by atoms with Crippen LogP contribution in [0.3, 0.4) is 0 Å². The second kappa shape index (κ2) is 3.66. The van der Waals surface area contributed by atoms with Crippen LogP contribution in [0, 0.1) is 13.0 Å².